The summed E-state index contributed by atoms with van der Waals surface area (Å²) in [5, 5.41) is 15.5. The van der Waals surface area contributed by atoms with Crippen molar-refractivity contribution in [1.29, 1.82) is 0 Å². The van der Waals surface area contributed by atoms with Crippen LogP contribution in [0.4, 0.5) is 0 Å². The number of pyridine rings is 1. The quantitative estimate of drug-likeness (QED) is 0.710. The molecule has 0 spiro atoms. The van der Waals surface area contributed by atoms with Crippen molar-refractivity contribution in [2.45, 2.75) is 33.2 Å². The van der Waals surface area contributed by atoms with E-state index in [0.29, 0.717) is 6.54 Å². The van der Waals surface area contributed by atoms with Crippen LogP contribution < -0.4 is 10.6 Å². The molecule has 2 rings (SSSR count). The number of nitrogens with zero attached hydrogens (tertiary/aromatic N) is 2. The standard InChI is InChI=1S/C17H22N4O3/c1-9(2)7-19-15(23)11-6-12(22)13(18-8-11)14-20-16(24)17(5,21-14)10(3)4/h6,8,10,22H,1,7H2,2-5H3,(H,19,23)(H,20,21,24). The van der Waals surface area contributed by atoms with E-state index in [9.17, 15) is 14.7 Å². The van der Waals surface area contributed by atoms with Gasteiger partial charge in [-0.15, -0.1) is 0 Å². The number of hydrogen-bond acceptors (Lipinski definition) is 5. The number of aromatic hydroxyl groups is 1. The number of hydrogen-bond donors (Lipinski definition) is 3. The zero-order chi connectivity index (χ0) is 18.1. The van der Waals surface area contributed by atoms with Gasteiger partial charge >= 0.3 is 0 Å². The maximum atomic E-state index is 12.1. The molecule has 0 fully saturated rings. The third-order valence-electron chi connectivity index (χ3n) is 4.06. The minimum absolute atomic E-state index is 0.00987. The van der Waals surface area contributed by atoms with Crippen LogP contribution in [0.25, 0.3) is 0 Å². The van der Waals surface area contributed by atoms with Crippen molar-refractivity contribution in [3.8, 4) is 5.75 Å². The molecule has 1 aromatic heterocycles. The van der Waals surface area contributed by atoms with Gasteiger partial charge in [-0.1, -0.05) is 26.0 Å². The van der Waals surface area contributed by atoms with E-state index in [0.717, 1.165) is 5.57 Å². The van der Waals surface area contributed by atoms with E-state index >= 15 is 0 Å². The Labute approximate surface area is 140 Å². The number of rotatable bonds is 5. The topological polar surface area (TPSA) is 104 Å². The summed E-state index contributed by atoms with van der Waals surface area (Å²) in [6.07, 6.45) is 1.34. The van der Waals surface area contributed by atoms with Gasteiger partial charge in [0.25, 0.3) is 11.8 Å². The highest BCUT2D eigenvalue weighted by Gasteiger charge is 2.42. The lowest BCUT2D eigenvalue weighted by Gasteiger charge is -2.21. The Morgan fingerprint density at radius 1 is 1.50 bits per heavy atom. The fraction of sp³-hybridized carbons (Fsp3) is 0.412. The Balaban J connectivity index is 2.27. The average molecular weight is 330 g/mol. The first-order valence-electron chi connectivity index (χ1n) is 7.68. The molecule has 1 atom stereocenters. The first kappa shape index (κ1) is 17.7. The predicted octanol–water partition coefficient (Wildman–Crippen LogP) is 1.38. The summed E-state index contributed by atoms with van der Waals surface area (Å²) in [6.45, 7) is 11.4. The summed E-state index contributed by atoms with van der Waals surface area (Å²) in [5.74, 6) is -0.620. The van der Waals surface area contributed by atoms with Crippen LogP contribution in [0.15, 0.2) is 29.4 Å². The molecule has 1 unspecified atom stereocenters. The summed E-state index contributed by atoms with van der Waals surface area (Å²) in [4.78, 5) is 32.6. The molecule has 0 radical (unpaired) electrons. The molecule has 0 saturated carbocycles. The van der Waals surface area contributed by atoms with Crippen molar-refractivity contribution in [1.82, 2.24) is 15.6 Å². The van der Waals surface area contributed by atoms with Gasteiger partial charge < -0.3 is 15.7 Å². The van der Waals surface area contributed by atoms with Crippen LogP contribution in [-0.2, 0) is 4.79 Å². The molecule has 128 valence electrons. The molecule has 24 heavy (non-hydrogen) atoms. The second-order valence-corrected chi connectivity index (χ2v) is 6.45. The Morgan fingerprint density at radius 3 is 2.67 bits per heavy atom. The highest BCUT2D eigenvalue weighted by atomic mass is 16.3. The maximum Gasteiger partial charge on any atom is 0.253 e. The lowest BCUT2D eigenvalue weighted by Crippen LogP contribution is -2.41. The van der Waals surface area contributed by atoms with E-state index in [1.54, 1.807) is 13.8 Å². The van der Waals surface area contributed by atoms with Gasteiger partial charge in [-0.2, -0.15) is 0 Å². The average Bonchev–Trinajstić information content (AvgIpc) is 2.81. The van der Waals surface area contributed by atoms with E-state index in [4.69, 9.17) is 0 Å². The molecule has 0 saturated heterocycles. The molecule has 1 aliphatic rings. The molecule has 0 aliphatic carbocycles. The summed E-state index contributed by atoms with van der Waals surface area (Å²) < 4.78 is 0. The zero-order valence-electron chi connectivity index (χ0n) is 14.3. The zero-order valence-corrected chi connectivity index (χ0v) is 14.3. The molecular weight excluding hydrogens is 308 g/mol. The molecule has 2 amide bonds. The Bertz CT molecular complexity index is 739. The van der Waals surface area contributed by atoms with Gasteiger partial charge in [0.05, 0.1) is 5.56 Å². The van der Waals surface area contributed by atoms with Crippen molar-refractivity contribution in [2.75, 3.05) is 6.54 Å². The number of amides is 2. The number of carbonyl (C=O) groups excluding carboxylic acids is 2. The Morgan fingerprint density at radius 2 is 2.17 bits per heavy atom. The van der Waals surface area contributed by atoms with Crippen LogP contribution in [-0.4, -0.2) is 39.8 Å². The van der Waals surface area contributed by atoms with Gasteiger partial charge in [0, 0.05) is 12.7 Å². The van der Waals surface area contributed by atoms with Gasteiger partial charge in [0.15, 0.2) is 5.84 Å². The van der Waals surface area contributed by atoms with E-state index in [1.807, 2.05) is 13.8 Å². The summed E-state index contributed by atoms with van der Waals surface area (Å²) >= 11 is 0. The number of aromatic nitrogens is 1. The monoisotopic (exact) mass is 330 g/mol. The molecular formula is C17H22N4O3. The fourth-order valence-electron chi connectivity index (χ4n) is 2.14. The third-order valence-corrected chi connectivity index (χ3v) is 4.06. The fourth-order valence-corrected chi connectivity index (χ4v) is 2.14. The van der Waals surface area contributed by atoms with Crippen molar-refractivity contribution >= 4 is 17.6 Å². The number of aliphatic imine (C=N–C) groups is 1. The molecule has 7 nitrogen and oxygen atoms in total. The Hall–Kier alpha value is -2.70. The predicted molar refractivity (Wildman–Crippen MR) is 91.0 cm³/mol. The van der Waals surface area contributed by atoms with Crippen LogP contribution in [0.2, 0.25) is 0 Å². The lowest BCUT2D eigenvalue weighted by atomic mass is 9.89. The summed E-state index contributed by atoms with van der Waals surface area (Å²) in [6, 6.07) is 1.30. The highest BCUT2D eigenvalue weighted by molar-refractivity contribution is 6.15. The van der Waals surface area contributed by atoms with Crippen molar-refractivity contribution in [2.24, 2.45) is 10.9 Å². The third kappa shape index (κ3) is 3.29. The molecule has 1 aromatic rings. The number of nitrogens with one attached hydrogen (secondary N) is 2. The van der Waals surface area contributed by atoms with E-state index < -0.39 is 5.54 Å². The molecule has 7 heteroatoms. The normalized spacial score (nSPS) is 19.9. The summed E-state index contributed by atoms with van der Waals surface area (Å²) in [7, 11) is 0. The van der Waals surface area contributed by atoms with Gasteiger partial charge in [-0.05, 0) is 25.8 Å². The first-order valence-corrected chi connectivity index (χ1v) is 7.68. The second kappa shape index (κ2) is 6.43. The maximum absolute atomic E-state index is 12.1. The van der Waals surface area contributed by atoms with Crippen molar-refractivity contribution < 1.29 is 14.7 Å². The van der Waals surface area contributed by atoms with Crippen LogP contribution in [0.1, 0.15) is 43.7 Å². The van der Waals surface area contributed by atoms with Gasteiger partial charge in [-0.3, -0.25) is 9.59 Å². The SMILES string of the molecule is C=C(C)CNC(=O)c1cnc(C2=NC(C)(C(C)C)C(=O)N2)c(O)c1. The minimum Gasteiger partial charge on any atom is -0.506 e. The van der Waals surface area contributed by atoms with E-state index in [-0.39, 0.29) is 40.6 Å². The molecule has 3 N–H and O–H groups in total. The molecule has 0 aromatic carbocycles. The number of amidine groups is 1. The van der Waals surface area contributed by atoms with Crippen molar-refractivity contribution in [3.63, 3.8) is 0 Å². The Kier molecular flexibility index (Phi) is 4.73. The van der Waals surface area contributed by atoms with Crippen LogP contribution in [0, 0.1) is 5.92 Å². The summed E-state index contributed by atoms with van der Waals surface area (Å²) in [5.41, 5.74) is 0.271. The van der Waals surface area contributed by atoms with E-state index in [1.165, 1.54) is 12.3 Å². The van der Waals surface area contributed by atoms with E-state index in [2.05, 4.69) is 27.2 Å². The van der Waals surface area contributed by atoms with Crippen molar-refractivity contribution in [3.05, 3.63) is 35.7 Å². The second-order valence-electron chi connectivity index (χ2n) is 6.45. The highest BCUT2D eigenvalue weighted by Crippen LogP contribution is 2.28. The smallest absolute Gasteiger partial charge is 0.253 e. The first-order chi connectivity index (χ1) is 11.1. The molecule has 2 heterocycles. The van der Waals surface area contributed by atoms with Gasteiger partial charge in [0.2, 0.25) is 0 Å². The minimum atomic E-state index is -0.902. The van der Waals surface area contributed by atoms with Crippen LogP contribution >= 0.6 is 0 Å². The van der Waals surface area contributed by atoms with Gasteiger partial charge in [-0.25, -0.2) is 9.98 Å². The largest absolute Gasteiger partial charge is 0.506 e. The molecule has 1 aliphatic heterocycles. The number of carbonyl (C=O) groups is 2. The lowest BCUT2D eigenvalue weighted by molar-refractivity contribution is -0.124. The molecule has 0 bridgehead atoms. The van der Waals surface area contributed by atoms with Gasteiger partial charge in [0.1, 0.15) is 17.0 Å². The van der Waals surface area contributed by atoms with Crippen LogP contribution in [0.3, 0.4) is 0 Å². The van der Waals surface area contributed by atoms with Crippen LogP contribution in [0.5, 0.6) is 5.75 Å².